The van der Waals surface area contributed by atoms with E-state index in [4.69, 9.17) is 9.53 Å². The van der Waals surface area contributed by atoms with Crippen molar-refractivity contribution in [2.24, 2.45) is 5.73 Å². The van der Waals surface area contributed by atoms with E-state index in [0.29, 0.717) is 37.5 Å². The first-order valence-electron chi connectivity index (χ1n) is 11.9. The highest BCUT2D eigenvalue weighted by molar-refractivity contribution is 6.00. The maximum Gasteiger partial charge on any atom is 0.243 e. The molecule has 1 saturated heterocycles. The number of benzene rings is 2. The molecule has 1 aliphatic heterocycles. The molecule has 1 unspecified atom stereocenters. The Labute approximate surface area is 206 Å². The van der Waals surface area contributed by atoms with Crippen molar-refractivity contribution in [2.75, 3.05) is 7.05 Å². The summed E-state index contributed by atoms with van der Waals surface area (Å²) in [4.78, 5) is 45.5. The Kier molecular flexibility index (Phi) is 11.1. The molecule has 1 saturated carbocycles. The van der Waals surface area contributed by atoms with Crippen molar-refractivity contribution in [1.29, 1.82) is 0 Å². The fraction of sp³-hybridized carbons (Fsp3) is 0.407. The third-order valence-corrected chi connectivity index (χ3v) is 5.81. The number of nitrogens with zero attached hydrogens (tertiary/aromatic N) is 1. The number of aldehydes is 1. The van der Waals surface area contributed by atoms with Gasteiger partial charge in [-0.05, 0) is 67.1 Å². The van der Waals surface area contributed by atoms with Gasteiger partial charge in [0, 0.05) is 18.5 Å². The van der Waals surface area contributed by atoms with E-state index in [1.807, 2.05) is 56.1 Å². The molecule has 0 radical (unpaired) electrons. The van der Waals surface area contributed by atoms with Gasteiger partial charge in [0.15, 0.2) is 0 Å². The maximum absolute atomic E-state index is 12.1. The van der Waals surface area contributed by atoms with Gasteiger partial charge in [-0.3, -0.25) is 29.4 Å². The molecule has 8 heteroatoms. The lowest BCUT2D eigenvalue weighted by Gasteiger charge is -2.30. The predicted molar refractivity (Wildman–Crippen MR) is 134 cm³/mol. The van der Waals surface area contributed by atoms with Gasteiger partial charge in [0.25, 0.3) is 0 Å². The zero-order valence-corrected chi connectivity index (χ0v) is 20.7. The monoisotopic (exact) mass is 481 g/mol. The summed E-state index contributed by atoms with van der Waals surface area (Å²) in [5.74, 6) is 1.01. The van der Waals surface area contributed by atoms with Crippen LogP contribution in [0.2, 0.25) is 0 Å². The lowest BCUT2D eigenvalue weighted by molar-refractivity contribution is -0.137. The normalized spacial score (nSPS) is 16.7. The number of primary amides is 1. The molecule has 3 N–H and O–H groups in total. The van der Waals surface area contributed by atoms with E-state index in [0.717, 1.165) is 23.2 Å². The summed E-state index contributed by atoms with van der Waals surface area (Å²) in [7, 11) is 1.83. The van der Waals surface area contributed by atoms with Gasteiger partial charge in [0.2, 0.25) is 18.2 Å². The minimum absolute atomic E-state index is 0.231. The summed E-state index contributed by atoms with van der Waals surface area (Å²) in [6, 6.07) is 13.5. The van der Waals surface area contributed by atoms with E-state index in [2.05, 4.69) is 23.2 Å². The van der Waals surface area contributed by atoms with Crippen molar-refractivity contribution < 1.29 is 23.9 Å². The molecule has 2 aromatic rings. The number of carbonyl (C=O) groups is 4. The third kappa shape index (κ3) is 8.33. The number of nitrogens with two attached hydrogens (primary N) is 1. The molecule has 1 atom stereocenters. The van der Waals surface area contributed by atoms with Gasteiger partial charge in [-0.25, -0.2) is 0 Å². The van der Waals surface area contributed by atoms with E-state index in [1.54, 1.807) is 0 Å². The number of amides is 3. The number of hydrogen-bond donors (Lipinski definition) is 2. The van der Waals surface area contributed by atoms with Crippen LogP contribution in [0.15, 0.2) is 42.5 Å². The van der Waals surface area contributed by atoms with E-state index in [-0.39, 0.29) is 24.3 Å². The first-order valence-corrected chi connectivity index (χ1v) is 11.9. The highest BCUT2D eigenvalue weighted by atomic mass is 16.5. The number of piperidine rings is 1. The number of carbonyl (C=O) groups excluding carboxylic acids is 4. The lowest BCUT2D eigenvalue weighted by atomic mass is 10.0. The number of nitrogens with one attached hydrogen (secondary N) is 1. The van der Waals surface area contributed by atoms with Crippen molar-refractivity contribution in [1.82, 2.24) is 10.2 Å². The molecule has 3 amide bonds. The maximum atomic E-state index is 12.1. The van der Waals surface area contributed by atoms with Crippen LogP contribution in [0.25, 0.3) is 0 Å². The fourth-order valence-corrected chi connectivity index (χ4v) is 3.91. The second-order valence-electron chi connectivity index (χ2n) is 8.30. The molecule has 2 aromatic carbocycles. The molecule has 0 spiro atoms. The summed E-state index contributed by atoms with van der Waals surface area (Å²) in [5.41, 5.74) is 7.84. The van der Waals surface area contributed by atoms with Crippen LogP contribution in [0, 0.1) is 0 Å². The van der Waals surface area contributed by atoms with Crippen molar-refractivity contribution in [3.63, 3.8) is 0 Å². The molecule has 4 rings (SSSR count). The van der Waals surface area contributed by atoms with Gasteiger partial charge in [0.1, 0.15) is 18.6 Å². The predicted octanol–water partition coefficient (Wildman–Crippen LogP) is 3.32. The Balaban J connectivity index is 0.000000803. The van der Waals surface area contributed by atoms with E-state index < -0.39 is 0 Å². The molecular weight excluding hydrogens is 446 g/mol. The van der Waals surface area contributed by atoms with Crippen LogP contribution in [0.3, 0.4) is 0 Å². The molecule has 188 valence electrons. The zero-order chi connectivity index (χ0) is 25.8. The molecule has 0 bridgehead atoms. The second kappa shape index (κ2) is 14.0. The van der Waals surface area contributed by atoms with Gasteiger partial charge < -0.3 is 10.5 Å². The van der Waals surface area contributed by atoms with Crippen molar-refractivity contribution in [2.45, 2.75) is 64.6 Å². The Hall–Kier alpha value is -3.52. The van der Waals surface area contributed by atoms with E-state index in [1.165, 1.54) is 18.4 Å². The topological polar surface area (TPSA) is 119 Å². The van der Waals surface area contributed by atoms with Crippen molar-refractivity contribution in [3.05, 3.63) is 64.7 Å². The first-order chi connectivity index (χ1) is 16.9. The number of ether oxygens (including phenoxy) is 1. The van der Waals surface area contributed by atoms with E-state index >= 15 is 0 Å². The van der Waals surface area contributed by atoms with Gasteiger partial charge in [-0.2, -0.15) is 0 Å². The van der Waals surface area contributed by atoms with Crippen LogP contribution >= 0.6 is 0 Å². The molecule has 2 fully saturated rings. The summed E-state index contributed by atoms with van der Waals surface area (Å²) in [5, 5.41) is 2.38. The van der Waals surface area contributed by atoms with Crippen LogP contribution < -0.4 is 15.8 Å². The number of hydrogen-bond acceptors (Lipinski definition) is 6. The first kappa shape index (κ1) is 27.7. The number of rotatable bonds is 8. The Morgan fingerprint density at radius 1 is 1.09 bits per heavy atom. The van der Waals surface area contributed by atoms with Crippen LogP contribution in [0.1, 0.15) is 72.5 Å². The minimum Gasteiger partial charge on any atom is -0.489 e. The van der Waals surface area contributed by atoms with Crippen LogP contribution in [-0.4, -0.2) is 42.5 Å². The smallest absolute Gasteiger partial charge is 0.243 e. The Morgan fingerprint density at radius 3 is 2.43 bits per heavy atom. The minimum atomic E-state index is -0.371. The zero-order valence-electron chi connectivity index (χ0n) is 20.7. The highest BCUT2D eigenvalue weighted by Crippen LogP contribution is 2.41. The van der Waals surface area contributed by atoms with Crippen LogP contribution in [-0.2, 0) is 27.5 Å². The largest absolute Gasteiger partial charge is 0.489 e. The van der Waals surface area contributed by atoms with Gasteiger partial charge in [-0.1, -0.05) is 38.1 Å². The average Bonchev–Trinajstić information content (AvgIpc) is 3.71. The molecule has 1 aliphatic carbocycles. The second-order valence-corrected chi connectivity index (χ2v) is 8.30. The molecule has 2 aliphatic rings. The standard InChI is InChI=1S/C24H26N2O4.C2H6.CH3NO/c1-26(22-9-10-23(28)25-24(22)29)13-19-6-5-16(11-20(19)14-27)15-30-21-4-2-3-18(12-21)17-7-8-17;1-2;2-1-3/h2-6,11-12,14,17,22H,7-10,13,15H2,1H3,(H,25,28,29);1-2H3;1H,(H2,2,3). The molecular formula is C27H35N3O5. The Bertz CT molecular complexity index is 1020. The molecule has 35 heavy (non-hydrogen) atoms. The number of likely N-dealkylation sites (N-methyl/N-ethyl adjacent to an activating group) is 1. The summed E-state index contributed by atoms with van der Waals surface area (Å²) >= 11 is 0. The van der Waals surface area contributed by atoms with Crippen LogP contribution in [0.4, 0.5) is 0 Å². The van der Waals surface area contributed by atoms with Crippen LogP contribution in [0.5, 0.6) is 5.75 Å². The molecule has 0 aromatic heterocycles. The summed E-state index contributed by atoms with van der Waals surface area (Å²) in [6.45, 7) is 4.84. The van der Waals surface area contributed by atoms with Gasteiger partial charge in [-0.15, -0.1) is 0 Å². The molecule has 8 nitrogen and oxygen atoms in total. The molecule has 1 heterocycles. The third-order valence-electron chi connectivity index (χ3n) is 5.81. The quantitative estimate of drug-likeness (QED) is 0.441. The number of imide groups is 1. The highest BCUT2D eigenvalue weighted by Gasteiger charge is 2.30. The van der Waals surface area contributed by atoms with Crippen molar-refractivity contribution >= 4 is 24.5 Å². The summed E-state index contributed by atoms with van der Waals surface area (Å²) < 4.78 is 5.94. The average molecular weight is 482 g/mol. The fourth-order valence-electron chi connectivity index (χ4n) is 3.91. The lowest BCUT2D eigenvalue weighted by Crippen LogP contribution is -2.51. The Morgan fingerprint density at radius 2 is 1.80 bits per heavy atom. The van der Waals surface area contributed by atoms with Gasteiger partial charge in [0.05, 0.1) is 6.04 Å². The summed E-state index contributed by atoms with van der Waals surface area (Å²) in [6.07, 6.45) is 4.41. The SMILES string of the molecule is CC.CN(Cc1ccc(COc2cccc(C3CC3)c2)cc1C=O)C1CCC(=O)NC1=O.NC=O. The van der Waals surface area contributed by atoms with Gasteiger partial charge >= 0.3 is 0 Å². The van der Waals surface area contributed by atoms with Crippen molar-refractivity contribution in [3.8, 4) is 5.75 Å². The van der Waals surface area contributed by atoms with E-state index in [9.17, 15) is 14.4 Å².